The Kier molecular flexibility index (Phi) is 5.90. The maximum Gasteiger partial charge on any atom is 0.262 e. The van der Waals surface area contributed by atoms with Crippen molar-refractivity contribution < 1.29 is 9.53 Å². The van der Waals surface area contributed by atoms with Crippen LogP contribution in [0.3, 0.4) is 0 Å². The van der Waals surface area contributed by atoms with E-state index in [1.807, 2.05) is 61.5 Å². The van der Waals surface area contributed by atoms with E-state index in [1.54, 1.807) is 11.0 Å². The summed E-state index contributed by atoms with van der Waals surface area (Å²) in [6.07, 6.45) is -0.516. The third-order valence-corrected chi connectivity index (χ3v) is 6.17. The Hall–Kier alpha value is -1.96. The molecular weight excluding hydrogens is 522 g/mol. The Labute approximate surface area is 192 Å². The second-order valence-electron chi connectivity index (χ2n) is 6.49. The molecule has 1 amide bonds. The van der Waals surface area contributed by atoms with Gasteiger partial charge in [0.2, 0.25) is 0 Å². The molecule has 4 rings (SSSR count). The zero-order chi connectivity index (χ0) is 20.5. The lowest BCUT2D eigenvalue weighted by molar-refractivity contribution is 0.0975. The van der Waals surface area contributed by atoms with Gasteiger partial charge in [-0.15, -0.1) is 0 Å². The number of anilines is 2. The SMILES string of the molecule is CCOc1cccc(N2C(=O)c3cc(I)ccc3NC2c2cccc(Cl)c2Cl)c1. The van der Waals surface area contributed by atoms with E-state index in [1.165, 1.54) is 0 Å². The standard InChI is InChI=1S/C22H17Cl2IN2O2/c1-2-29-15-6-3-5-14(12-15)27-21(16-7-4-8-18(23)20(16)24)26-19-10-9-13(25)11-17(19)22(27)28/h3-12,21,26H,2H2,1H3. The third-order valence-electron chi connectivity index (χ3n) is 4.66. The molecule has 1 heterocycles. The van der Waals surface area contributed by atoms with E-state index < -0.39 is 6.17 Å². The molecule has 1 aliphatic rings. The van der Waals surface area contributed by atoms with Crippen molar-refractivity contribution in [1.82, 2.24) is 0 Å². The summed E-state index contributed by atoms with van der Waals surface area (Å²) in [4.78, 5) is 15.3. The molecule has 0 saturated heterocycles. The number of nitrogens with one attached hydrogen (secondary N) is 1. The van der Waals surface area contributed by atoms with Crippen molar-refractivity contribution in [3.63, 3.8) is 0 Å². The second-order valence-corrected chi connectivity index (χ2v) is 8.52. The van der Waals surface area contributed by atoms with Crippen LogP contribution >= 0.6 is 45.8 Å². The van der Waals surface area contributed by atoms with E-state index in [0.717, 1.165) is 14.8 Å². The first-order chi connectivity index (χ1) is 14.0. The van der Waals surface area contributed by atoms with Gasteiger partial charge in [-0.25, -0.2) is 0 Å². The quantitative estimate of drug-likeness (QED) is 0.373. The fourth-order valence-corrected chi connectivity index (χ4v) is 4.29. The molecule has 3 aromatic carbocycles. The topological polar surface area (TPSA) is 41.6 Å². The molecule has 0 radical (unpaired) electrons. The van der Waals surface area contributed by atoms with Gasteiger partial charge in [0.25, 0.3) is 5.91 Å². The number of rotatable bonds is 4. The highest BCUT2D eigenvalue weighted by Crippen LogP contribution is 2.41. The Morgan fingerprint density at radius 1 is 1.10 bits per heavy atom. The van der Waals surface area contributed by atoms with Crippen LogP contribution in [0, 0.1) is 3.57 Å². The summed E-state index contributed by atoms with van der Waals surface area (Å²) in [5.74, 6) is 0.578. The maximum absolute atomic E-state index is 13.6. The van der Waals surface area contributed by atoms with Crippen molar-refractivity contribution in [2.45, 2.75) is 13.1 Å². The van der Waals surface area contributed by atoms with Crippen LogP contribution in [-0.4, -0.2) is 12.5 Å². The first-order valence-electron chi connectivity index (χ1n) is 9.06. The van der Waals surface area contributed by atoms with E-state index >= 15 is 0 Å². The van der Waals surface area contributed by atoms with Gasteiger partial charge in [-0.1, -0.05) is 41.4 Å². The minimum atomic E-state index is -0.516. The summed E-state index contributed by atoms with van der Waals surface area (Å²) in [6, 6.07) is 18.6. The lowest BCUT2D eigenvalue weighted by atomic mass is 10.0. The van der Waals surface area contributed by atoms with Crippen LogP contribution < -0.4 is 15.0 Å². The van der Waals surface area contributed by atoms with E-state index in [2.05, 4.69) is 27.9 Å². The molecule has 29 heavy (non-hydrogen) atoms. The van der Waals surface area contributed by atoms with Crippen LogP contribution in [0.4, 0.5) is 11.4 Å². The summed E-state index contributed by atoms with van der Waals surface area (Å²) in [7, 11) is 0. The van der Waals surface area contributed by atoms with Crippen molar-refractivity contribution in [1.29, 1.82) is 0 Å². The molecule has 0 spiro atoms. The van der Waals surface area contributed by atoms with Crippen LogP contribution in [0.25, 0.3) is 0 Å². The number of carbonyl (C=O) groups excluding carboxylic acids is 1. The van der Waals surface area contributed by atoms with Gasteiger partial charge >= 0.3 is 0 Å². The monoisotopic (exact) mass is 538 g/mol. The van der Waals surface area contributed by atoms with Gasteiger partial charge in [0.15, 0.2) is 0 Å². The van der Waals surface area contributed by atoms with E-state index in [4.69, 9.17) is 27.9 Å². The minimum Gasteiger partial charge on any atom is -0.494 e. The largest absolute Gasteiger partial charge is 0.494 e. The number of hydrogen-bond donors (Lipinski definition) is 1. The molecule has 148 valence electrons. The number of benzene rings is 3. The molecule has 7 heteroatoms. The maximum atomic E-state index is 13.6. The predicted octanol–water partition coefficient (Wildman–Crippen LogP) is 6.77. The molecule has 0 bridgehead atoms. The normalized spacial score (nSPS) is 15.7. The van der Waals surface area contributed by atoms with Crippen molar-refractivity contribution in [3.05, 3.63) is 85.4 Å². The summed E-state index contributed by atoms with van der Waals surface area (Å²) in [5.41, 5.74) is 2.79. The van der Waals surface area contributed by atoms with Crippen LogP contribution in [0.1, 0.15) is 29.0 Å². The first-order valence-corrected chi connectivity index (χ1v) is 10.9. The summed E-state index contributed by atoms with van der Waals surface area (Å²) in [6.45, 7) is 2.47. The highest BCUT2D eigenvalue weighted by Gasteiger charge is 2.35. The molecule has 4 nitrogen and oxygen atoms in total. The van der Waals surface area contributed by atoms with E-state index in [-0.39, 0.29) is 5.91 Å². The zero-order valence-corrected chi connectivity index (χ0v) is 19.1. The van der Waals surface area contributed by atoms with Crippen LogP contribution in [0.5, 0.6) is 5.75 Å². The van der Waals surface area contributed by atoms with Crippen molar-refractivity contribution in [2.24, 2.45) is 0 Å². The Balaban J connectivity index is 1.89. The highest BCUT2D eigenvalue weighted by molar-refractivity contribution is 14.1. The molecule has 1 aliphatic heterocycles. The number of ether oxygens (including phenoxy) is 1. The summed E-state index contributed by atoms with van der Waals surface area (Å²) in [5, 5.41) is 4.31. The summed E-state index contributed by atoms with van der Waals surface area (Å²) >= 11 is 15.0. The lowest BCUT2D eigenvalue weighted by Gasteiger charge is -2.38. The smallest absolute Gasteiger partial charge is 0.262 e. The summed E-state index contributed by atoms with van der Waals surface area (Å²) < 4.78 is 6.62. The molecule has 1 unspecified atom stereocenters. The van der Waals surface area contributed by atoms with Crippen LogP contribution in [0.15, 0.2) is 60.7 Å². The van der Waals surface area contributed by atoms with Gasteiger partial charge in [-0.3, -0.25) is 9.69 Å². The second kappa shape index (κ2) is 8.42. The molecule has 0 saturated carbocycles. The van der Waals surface area contributed by atoms with Gasteiger partial charge < -0.3 is 10.1 Å². The number of carbonyl (C=O) groups is 1. The number of hydrogen-bond acceptors (Lipinski definition) is 3. The van der Waals surface area contributed by atoms with Gasteiger partial charge in [-0.05, 0) is 65.9 Å². The van der Waals surface area contributed by atoms with Crippen molar-refractivity contribution in [3.8, 4) is 5.75 Å². The number of fused-ring (bicyclic) bond motifs is 1. The molecule has 0 aliphatic carbocycles. The van der Waals surface area contributed by atoms with Crippen molar-refractivity contribution >= 4 is 63.1 Å². The van der Waals surface area contributed by atoms with Crippen molar-refractivity contribution in [2.75, 3.05) is 16.8 Å². The zero-order valence-electron chi connectivity index (χ0n) is 15.5. The molecule has 3 aromatic rings. The average molecular weight is 539 g/mol. The minimum absolute atomic E-state index is 0.119. The highest BCUT2D eigenvalue weighted by atomic mass is 127. The fraction of sp³-hybridized carbons (Fsp3) is 0.136. The van der Waals surface area contributed by atoms with Gasteiger partial charge in [0.1, 0.15) is 11.9 Å². The average Bonchev–Trinajstić information content (AvgIpc) is 2.71. The lowest BCUT2D eigenvalue weighted by Crippen LogP contribution is -2.43. The van der Waals surface area contributed by atoms with Gasteiger partial charge in [-0.2, -0.15) is 0 Å². The Morgan fingerprint density at radius 3 is 2.69 bits per heavy atom. The Morgan fingerprint density at radius 2 is 1.90 bits per heavy atom. The van der Waals surface area contributed by atoms with Crippen LogP contribution in [0.2, 0.25) is 10.0 Å². The van der Waals surface area contributed by atoms with E-state index in [0.29, 0.717) is 33.7 Å². The van der Waals surface area contributed by atoms with Gasteiger partial charge in [0, 0.05) is 20.9 Å². The number of amides is 1. The third kappa shape index (κ3) is 3.91. The molecule has 1 N–H and O–H groups in total. The molecule has 0 fully saturated rings. The number of halogens is 3. The number of nitrogens with zero attached hydrogens (tertiary/aromatic N) is 1. The molecular formula is C22H17Cl2IN2O2. The Bertz CT molecular complexity index is 1090. The first kappa shape index (κ1) is 20.3. The van der Waals surface area contributed by atoms with E-state index in [9.17, 15) is 4.79 Å². The van der Waals surface area contributed by atoms with Crippen LogP contribution in [-0.2, 0) is 0 Å². The predicted molar refractivity (Wildman–Crippen MR) is 126 cm³/mol. The molecule has 1 atom stereocenters. The van der Waals surface area contributed by atoms with Gasteiger partial charge in [0.05, 0.1) is 27.9 Å². The fourth-order valence-electron chi connectivity index (χ4n) is 3.38. The molecule has 0 aromatic heterocycles.